The fraction of sp³-hybridized carbons (Fsp3) is 0. The van der Waals surface area contributed by atoms with Gasteiger partial charge in [0.25, 0.3) is 0 Å². The number of nitrogens with zero attached hydrogens (tertiary/aromatic N) is 1. The molecule has 1 aromatic rings. The zero-order valence-corrected chi connectivity index (χ0v) is 5.40. The lowest BCUT2D eigenvalue weighted by atomic mass is 10.4. The van der Waals surface area contributed by atoms with E-state index in [2.05, 4.69) is 4.98 Å². The van der Waals surface area contributed by atoms with Gasteiger partial charge in [-0.25, -0.2) is 0 Å². The number of nitrogens with one attached hydrogen (secondary N) is 1. The molecule has 0 aliphatic rings. The van der Waals surface area contributed by atoms with Crippen molar-refractivity contribution in [3.8, 4) is 0 Å². The molecule has 0 spiro atoms. The van der Waals surface area contributed by atoms with E-state index in [9.17, 15) is 14.8 Å². The third kappa shape index (κ3) is 1.18. The van der Waals surface area contributed by atoms with Gasteiger partial charge < -0.3 is 15.9 Å². The van der Waals surface area contributed by atoms with Gasteiger partial charge in [0, 0.05) is 0 Å². The number of carbonyl (C=O) groups excluding carboxylic acids is 1. The molecular formula is C5H5N3O3. The van der Waals surface area contributed by atoms with Gasteiger partial charge in [-0.3, -0.25) is 9.59 Å². The lowest BCUT2D eigenvalue weighted by Crippen LogP contribution is -2.44. The van der Waals surface area contributed by atoms with Crippen LogP contribution in [0.5, 0.6) is 0 Å². The molecule has 0 radical (unpaired) electrons. The minimum absolute atomic E-state index is 0.126. The fourth-order valence-corrected chi connectivity index (χ4v) is 0.644. The number of nitrogens with two attached hydrogens (primary N) is 1. The molecule has 1 heterocycles. The highest BCUT2D eigenvalue weighted by Crippen LogP contribution is 1.75. The largest absolute Gasteiger partial charge is 0.618 e. The van der Waals surface area contributed by atoms with Crippen molar-refractivity contribution in [3.05, 3.63) is 33.6 Å². The molecular weight excluding hydrogens is 150 g/mol. The molecule has 11 heavy (non-hydrogen) atoms. The van der Waals surface area contributed by atoms with Gasteiger partial charge in [0.05, 0.1) is 6.20 Å². The Morgan fingerprint density at radius 1 is 1.73 bits per heavy atom. The normalized spacial score (nSPS) is 9.45. The second-order valence-electron chi connectivity index (χ2n) is 1.83. The average Bonchev–Trinajstić information content (AvgIpc) is 1.85. The molecule has 0 aliphatic carbocycles. The lowest BCUT2D eigenvalue weighted by molar-refractivity contribution is -0.609. The second-order valence-corrected chi connectivity index (χ2v) is 1.83. The smallest absolute Gasteiger partial charge is 0.347 e. The first kappa shape index (κ1) is 7.26. The Hall–Kier alpha value is -1.85. The molecule has 0 fully saturated rings. The molecule has 6 nitrogen and oxygen atoms in total. The van der Waals surface area contributed by atoms with E-state index in [1.165, 1.54) is 0 Å². The maximum absolute atomic E-state index is 10.7. The van der Waals surface area contributed by atoms with Crippen LogP contribution in [0.4, 0.5) is 0 Å². The van der Waals surface area contributed by atoms with Gasteiger partial charge in [-0.05, 0) is 0 Å². The highest BCUT2D eigenvalue weighted by Gasteiger charge is 2.16. The van der Waals surface area contributed by atoms with Crippen LogP contribution < -0.4 is 16.0 Å². The van der Waals surface area contributed by atoms with Gasteiger partial charge in [-0.15, -0.1) is 0 Å². The van der Waals surface area contributed by atoms with Gasteiger partial charge in [-0.2, -0.15) is 4.73 Å². The molecule has 1 aromatic heterocycles. The summed E-state index contributed by atoms with van der Waals surface area (Å²) in [7, 11) is 0. The molecule has 0 aliphatic heterocycles. The number of amides is 1. The lowest BCUT2D eigenvalue weighted by Gasteiger charge is -1.96. The van der Waals surface area contributed by atoms with Crippen LogP contribution in [0.3, 0.4) is 0 Å². The molecule has 3 N–H and O–H groups in total. The van der Waals surface area contributed by atoms with Crippen molar-refractivity contribution in [2.75, 3.05) is 0 Å². The van der Waals surface area contributed by atoms with E-state index in [-0.39, 0.29) is 4.73 Å². The first-order chi connectivity index (χ1) is 5.13. The van der Waals surface area contributed by atoms with Gasteiger partial charge in [0.2, 0.25) is 0 Å². The second kappa shape index (κ2) is 2.41. The van der Waals surface area contributed by atoms with E-state index >= 15 is 0 Å². The monoisotopic (exact) mass is 155 g/mol. The molecule has 58 valence electrons. The van der Waals surface area contributed by atoms with Crippen molar-refractivity contribution in [2.45, 2.75) is 0 Å². The van der Waals surface area contributed by atoms with E-state index in [1.807, 2.05) is 0 Å². The SMILES string of the molecule is NC(=O)c1c(=O)[nH]cc[n+]1[O-]. The van der Waals surface area contributed by atoms with Crippen molar-refractivity contribution < 1.29 is 9.52 Å². The fourth-order valence-electron chi connectivity index (χ4n) is 0.644. The number of aromatic amines is 1. The van der Waals surface area contributed by atoms with E-state index in [1.54, 1.807) is 0 Å². The summed E-state index contributed by atoms with van der Waals surface area (Å²) >= 11 is 0. The predicted octanol–water partition coefficient (Wildman–Crippen LogP) is -1.89. The van der Waals surface area contributed by atoms with E-state index < -0.39 is 17.2 Å². The van der Waals surface area contributed by atoms with Crippen molar-refractivity contribution in [1.29, 1.82) is 0 Å². The summed E-state index contributed by atoms with van der Waals surface area (Å²) in [6.07, 6.45) is 2.11. The highest BCUT2D eigenvalue weighted by molar-refractivity contribution is 5.88. The Kier molecular flexibility index (Phi) is 1.59. The maximum atomic E-state index is 10.7. The first-order valence-corrected chi connectivity index (χ1v) is 2.73. The highest BCUT2D eigenvalue weighted by atomic mass is 16.5. The Morgan fingerprint density at radius 3 is 2.73 bits per heavy atom. The van der Waals surface area contributed by atoms with Crippen molar-refractivity contribution >= 4 is 5.91 Å². The predicted molar refractivity (Wildman–Crippen MR) is 34.5 cm³/mol. The van der Waals surface area contributed by atoms with Gasteiger partial charge in [0.1, 0.15) is 0 Å². The molecule has 0 atom stereocenters. The minimum atomic E-state index is -1.04. The molecule has 0 saturated carbocycles. The molecule has 0 unspecified atom stereocenters. The molecule has 1 amide bonds. The zero-order chi connectivity index (χ0) is 8.43. The zero-order valence-electron chi connectivity index (χ0n) is 5.40. The van der Waals surface area contributed by atoms with Crippen LogP contribution in [0.25, 0.3) is 0 Å². The van der Waals surface area contributed by atoms with Crippen LogP contribution in [0.2, 0.25) is 0 Å². The minimum Gasteiger partial charge on any atom is -0.618 e. The van der Waals surface area contributed by atoms with Gasteiger partial charge in [-0.1, -0.05) is 0 Å². The van der Waals surface area contributed by atoms with E-state index in [0.717, 1.165) is 12.4 Å². The van der Waals surface area contributed by atoms with Gasteiger partial charge >= 0.3 is 17.2 Å². The molecule has 1 rings (SSSR count). The Morgan fingerprint density at radius 2 is 2.36 bits per heavy atom. The van der Waals surface area contributed by atoms with Gasteiger partial charge in [0.15, 0.2) is 6.20 Å². The standard InChI is InChI=1S/C5H5N3O3/c6-4(9)3-5(10)7-1-2-8(3)11/h1-2H,(H2,6,9)(H,7,10). The summed E-state index contributed by atoms with van der Waals surface area (Å²) in [5.74, 6) is -1.04. The first-order valence-electron chi connectivity index (χ1n) is 2.73. The number of primary amides is 1. The number of hydrogen-bond donors (Lipinski definition) is 2. The Bertz CT molecular complexity index is 343. The topological polar surface area (TPSA) is 103 Å². The van der Waals surface area contributed by atoms with Crippen molar-refractivity contribution in [3.63, 3.8) is 0 Å². The average molecular weight is 155 g/mol. The quantitative estimate of drug-likeness (QED) is 0.366. The summed E-state index contributed by atoms with van der Waals surface area (Å²) in [6, 6.07) is 0. The van der Waals surface area contributed by atoms with E-state index in [4.69, 9.17) is 5.73 Å². The number of H-pyrrole nitrogens is 1. The summed E-state index contributed by atoms with van der Waals surface area (Å²) in [5.41, 5.74) is 3.35. The number of aromatic nitrogens is 2. The van der Waals surface area contributed by atoms with Crippen LogP contribution in [-0.2, 0) is 0 Å². The van der Waals surface area contributed by atoms with E-state index in [0.29, 0.717) is 0 Å². The Balaban J connectivity index is 3.45. The summed E-state index contributed by atoms with van der Waals surface area (Å²) in [4.78, 5) is 23.3. The van der Waals surface area contributed by atoms with Crippen molar-refractivity contribution in [2.24, 2.45) is 5.73 Å². The number of hydrogen-bond acceptors (Lipinski definition) is 3. The number of carbonyl (C=O) groups is 1. The summed E-state index contributed by atoms with van der Waals surface area (Å²) in [5, 5.41) is 10.7. The third-order valence-corrected chi connectivity index (χ3v) is 1.09. The molecule has 0 aromatic carbocycles. The third-order valence-electron chi connectivity index (χ3n) is 1.09. The molecule has 0 saturated heterocycles. The summed E-state index contributed by atoms with van der Waals surface area (Å²) in [6.45, 7) is 0. The summed E-state index contributed by atoms with van der Waals surface area (Å²) < 4.78 is 0.126. The molecule has 0 bridgehead atoms. The Labute approximate surface area is 60.9 Å². The van der Waals surface area contributed by atoms with Crippen LogP contribution in [0.1, 0.15) is 10.5 Å². The van der Waals surface area contributed by atoms with Crippen LogP contribution in [0, 0.1) is 5.21 Å². The van der Waals surface area contributed by atoms with Crippen molar-refractivity contribution in [1.82, 2.24) is 4.98 Å². The van der Waals surface area contributed by atoms with Crippen LogP contribution in [0.15, 0.2) is 17.2 Å². The van der Waals surface area contributed by atoms with Crippen LogP contribution >= 0.6 is 0 Å². The van der Waals surface area contributed by atoms with Crippen LogP contribution in [-0.4, -0.2) is 10.9 Å². The molecule has 6 heteroatoms. The maximum Gasteiger partial charge on any atom is 0.347 e. The number of rotatable bonds is 1.